The molecular formula is C14H23FN2. The summed E-state index contributed by atoms with van der Waals surface area (Å²) in [7, 11) is 0. The summed E-state index contributed by atoms with van der Waals surface area (Å²) in [6, 6.07) is 4.87. The van der Waals surface area contributed by atoms with Crippen molar-refractivity contribution in [3.63, 3.8) is 0 Å². The number of rotatable bonds is 4. The van der Waals surface area contributed by atoms with Gasteiger partial charge in [0, 0.05) is 6.04 Å². The molecule has 0 spiro atoms. The van der Waals surface area contributed by atoms with Crippen LogP contribution in [-0.4, -0.2) is 0 Å². The molecule has 0 amide bonds. The molecule has 0 aliphatic carbocycles. The molecule has 0 heterocycles. The quantitative estimate of drug-likeness (QED) is 0.622. The minimum absolute atomic E-state index is 0.0184. The summed E-state index contributed by atoms with van der Waals surface area (Å²) in [6.07, 6.45) is 1.95. The molecule has 0 radical (unpaired) electrons. The van der Waals surface area contributed by atoms with Gasteiger partial charge in [-0.05, 0) is 48.4 Å². The molecule has 17 heavy (non-hydrogen) atoms. The first kappa shape index (κ1) is 14.1. The SMILES string of the molecule is Cc1ccc(F)cc1C(CCC(C)(C)C)NN. The highest BCUT2D eigenvalue weighted by Gasteiger charge is 2.17. The van der Waals surface area contributed by atoms with Crippen molar-refractivity contribution in [1.29, 1.82) is 0 Å². The van der Waals surface area contributed by atoms with Gasteiger partial charge in [0.15, 0.2) is 0 Å². The highest BCUT2D eigenvalue weighted by molar-refractivity contribution is 5.29. The van der Waals surface area contributed by atoms with Gasteiger partial charge in [-0.1, -0.05) is 26.8 Å². The average molecular weight is 238 g/mol. The molecule has 1 aromatic carbocycles. The van der Waals surface area contributed by atoms with Gasteiger partial charge in [-0.15, -0.1) is 0 Å². The Labute approximate surface area is 103 Å². The number of hydrogen-bond donors (Lipinski definition) is 2. The van der Waals surface area contributed by atoms with Gasteiger partial charge in [0.05, 0.1) is 0 Å². The Bertz CT molecular complexity index is 369. The molecule has 0 saturated heterocycles. The van der Waals surface area contributed by atoms with Crippen LogP contribution in [0.2, 0.25) is 0 Å². The van der Waals surface area contributed by atoms with Gasteiger partial charge < -0.3 is 0 Å². The molecule has 1 unspecified atom stereocenters. The standard InChI is InChI=1S/C14H23FN2/c1-10-5-6-11(15)9-12(10)13(17-16)7-8-14(2,3)4/h5-6,9,13,17H,7-8,16H2,1-4H3. The van der Waals surface area contributed by atoms with Gasteiger partial charge in [0.25, 0.3) is 0 Å². The molecular weight excluding hydrogens is 215 g/mol. The molecule has 0 fully saturated rings. The van der Waals surface area contributed by atoms with E-state index in [0.717, 1.165) is 24.0 Å². The second-order valence-corrected chi connectivity index (χ2v) is 5.82. The summed E-state index contributed by atoms with van der Waals surface area (Å²) in [5.74, 6) is 5.37. The molecule has 1 aromatic rings. The predicted molar refractivity (Wildman–Crippen MR) is 69.9 cm³/mol. The van der Waals surface area contributed by atoms with Gasteiger partial charge in [0.1, 0.15) is 5.82 Å². The van der Waals surface area contributed by atoms with Gasteiger partial charge in [-0.25, -0.2) is 4.39 Å². The van der Waals surface area contributed by atoms with Gasteiger partial charge in [-0.3, -0.25) is 11.3 Å². The van der Waals surface area contributed by atoms with Crippen LogP contribution >= 0.6 is 0 Å². The van der Waals surface area contributed by atoms with Crippen LogP contribution < -0.4 is 11.3 Å². The lowest BCUT2D eigenvalue weighted by molar-refractivity contribution is 0.333. The highest BCUT2D eigenvalue weighted by atomic mass is 19.1. The zero-order chi connectivity index (χ0) is 13.1. The zero-order valence-corrected chi connectivity index (χ0v) is 11.2. The summed E-state index contributed by atoms with van der Waals surface area (Å²) in [5.41, 5.74) is 5.08. The molecule has 0 aromatic heterocycles. The van der Waals surface area contributed by atoms with Crippen molar-refractivity contribution < 1.29 is 4.39 Å². The fourth-order valence-electron chi connectivity index (χ4n) is 1.89. The van der Waals surface area contributed by atoms with Crippen molar-refractivity contribution >= 4 is 0 Å². The molecule has 0 aliphatic rings. The fourth-order valence-corrected chi connectivity index (χ4v) is 1.89. The molecule has 1 rings (SSSR count). The second-order valence-electron chi connectivity index (χ2n) is 5.82. The topological polar surface area (TPSA) is 38.0 Å². The number of benzene rings is 1. The maximum atomic E-state index is 13.2. The summed E-state index contributed by atoms with van der Waals surface area (Å²) >= 11 is 0. The number of hydrazine groups is 1. The van der Waals surface area contributed by atoms with Gasteiger partial charge >= 0.3 is 0 Å². The van der Waals surface area contributed by atoms with Crippen molar-refractivity contribution in [2.45, 2.75) is 46.6 Å². The molecule has 1 atom stereocenters. The van der Waals surface area contributed by atoms with Crippen LogP contribution in [0.3, 0.4) is 0 Å². The maximum absolute atomic E-state index is 13.2. The summed E-state index contributed by atoms with van der Waals surface area (Å²) in [4.78, 5) is 0. The zero-order valence-electron chi connectivity index (χ0n) is 11.2. The number of nitrogens with one attached hydrogen (secondary N) is 1. The van der Waals surface area contributed by atoms with Crippen molar-refractivity contribution in [1.82, 2.24) is 5.43 Å². The third-order valence-electron chi connectivity index (χ3n) is 3.00. The number of halogens is 1. The Morgan fingerprint density at radius 3 is 2.53 bits per heavy atom. The second kappa shape index (κ2) is 5.61. The molecule has 3 heteroatoms. The Hall–Kier alpha value is -0.930. The van der Waals surface area contributed by atoms with Gasteiger partial charge in [0.2, 0.25) is 0 Å². The van der Waals surface area contributed by atoms with Crippen LogP contribution in [0.15, 0.2) is 18.2 Å². The first-order valence-corrected chi connectivity index (χ1v) is 6.05. The summed E-state index contributed by atoms with van der Waals surface area (Å²) < 4.78 is 13.2. The minimum Gasteiger partial charge on any atom is -0.271 e. The average Bonchev–Trinajstić information content (AvgIpc) is 2.22. The van der Waals surface area contributed by atoms with Crippen LogP contribution in [0.5, 0.6) is 0 Å². The third kappa shape index (κ3) is 4.44. The monoisotopic (exact) mass is 238 g/mol. The lowest BCUT2D eigenvalue weighted by Gasteiger charge is -2.24. The predicted octanol–water partition coefficient (Wildman–Crippen LogP) is 3.46. The number of aryl methyl sites for hydroxylation is 1. The summed E-state index contributed by atoms with van der Waals surface area (Å²) in [6.45, 7) is 8.56. The van der Waals surface area contributed by atoms with E-state index in [1.807, 2.05) is 6.92 Å². The molecule has 0 saturated carbocycles. The maximum Gasteiger partial charge on any atom is 0.123 e. The minimum atomic E-state index is -0.207. The van der Waals surface area contributed by atoms with Crippen molar-refractivity contribution in [3.05, 3.63) is 35.1 Å². The van der Waals surface area contributed by atoms with E-state index in [2.05, 4.69) is 26.2 Å². The van der Waals surface area contributed by atoms with E-state index >= 15 is 0 Å². The third-order valence-corrected chi connectivity index (χ3v) is 3.00. The van der Waals surface area contributed by atoms with E-state index in [1.165, 1.54) is 6.07 Å². The summed E-state index contributed by atoms with van der Waals surface area (Å²) in [5, 5.41) is 0. The lowest BCUT2D eigenvalue weighted by atomic mass is 9.86. The lowest BCUT2D eigenvalue weighted by Crippen LogP contribution is -2.29. The van der Waals surface area contributed by atoms with E-state index < -0.39 is 0 Å². The molecule has 3 N–H and O–H groups in total. The fraction of sp³-hybridized carbons (Fsp3) is 0.571. The van der Waals surface area contributed by atoms with Crippen LogP contribution in [0.1, 0.15) is 50.8 Å². The van der Waals surface area contributed by atoms with E-state index in [-0.39, 0.29) is 17.3 Å². The number of hydrogen-bond acceptors (Lipinski definition) is 2. The van der Waals surface area contributed by atoms with Crippen LogP contribution in [0, 0.1) is 18.2 Å². The Kier molecular flexibility index (Phi) is 4.66. The Morgan fingerprint density at radius 2 is 2.00 bits per heavy atom. The van der Waals surface area contributed by atoms with Crippen LogP contribution in [0.4, 0.5) is 4.39 Å². The molecule has 96 valence electrons. The Morgan fingerprint density at radius 1 is 1.35 bits per heavy atom. The van der Waals surface area contributed by atoms with Crippen LogP contribution in [0.25, 0.3) is 0 Å². The van der Waals surface area contributed by atoms with E-state index in [0.29, 0.717) is 0 Å². The normalized spacial score (nSPS) is 13.8. The first-order valence-electron chi connectivity index (χ1n) is 6.05. The largest absolute Gasteiger partial charge is 0.271 e. The van der Waals surface area contributed by atoms with Crippen molar-refractivity contribution in [2.24, 2.45) is 11.3 Å². The van der Waals surface area contributed by atoms with Crippen molar-refractivity contribution in [3.8, 4) is 0 Å². The van der Waals surface area contributed by atoms with E-state index in [9.17, 15) is 4.39 Å². The first-order chi connectivity index (χ1) is 7.83. The highest BCUT2D eigenvalue weighted by Crippen LogP contribution is 2.28. The Balaban J connectivity index is 2.82. The molecule has 0 aliphatic heterocycles. The van der Waals surface area contributed by atoms with Crippen molar-refractivity contribution in [2.75, 3.05) is 0 Å². The molecule has 0 bridgehead atoms. The molecule has 2 nitrogen and oxygen atoms in total. The smallest absolute Gasteiger partial charge is 0.123 e. The van der Waals surface area contributed by atoms with Crippen LogP contribution in [-0.2, 0) is 0 Å². The van der Waals surface area contributed by atoms with E-state index in [4.69, 9.17) is 5.84 Å². The van der Waals surface area contributed by atoms with E-state index in [1.54, 1.807) is 12.1 Å². The number of nitrogens with two attached hydrogens (primary N) is 1. The van der Waals surface area contributed by atoms with Gasteiger partial charge in [-0.2, -0.15) is 0 Å².